The van der Waals surface area contributed by atoms with Crippen LogP contribution in [0, 0.1) is 5.82 Å². The van der Waals surface area contributed by atoms with Crippen molar-refractivity contribution in [3.63, 3.8) is 0 Å². The van der Waals surface area contributed by atoms with Crippen molar-refractivity contribution in [2.45, 2.75) is 18.9 Å². The van der Waals surface area contributed by atoms with E-state index in [0.29, 0.717) is 22.3 Å². The van der Waals surface area contributed by atoms with Crippen molar-refractivity contribution in [3.05, 3.63) is 76.7 Å². The molecule has 5 heteroatoms. The number of aromatic nitrogens is 1. The largest absolute Gasteiger partial charge is 0.497 e. The Balaban J connectivity index is 1.59. The number of rotatable bonds is 3. The molecule has 1 aromatic heterocycles. The minimum Gasteiger partial charge on any atom is -0.497 e. The van der Waals surface area contributed by atoms with Gasteiger partial charge in [-0.2, -0.15) is 0 Å². The first kappa shape index (κ1) is 16.9. The van der Waals surface area contributed by atoms with Crippen molar-refractivity contribution in [2.24, 2.45) is 0 Å². The first-order chi connectivity index (χ1) is 12.6. The molecule has 3 nitrogen and oxygen atoms in total. The normalized spacial score (nSPS) is 15.9. The fraction of sp³-hybridized carbons (Fsp3) is 0.190. The highest BCUT2D eigenvalue weighted by molar-refractivity contribution is 6.29. The maximum atomic E-state index is 14.1. The summed E-state index contributed by atoms with van der Waals surface area (Å²) in [5.41, 5.74) is 3.41. The van der Waals surface area contributed by atoms with E-state index in [4.69, 9.17) is 21.1 Å². The van der Waals surface area contributed by atoms with E-state index in [1.54, 1.807) is 25.3 Å². The lowest BCUT2D eigenvalue weighted by Crippen LogP contribution is -2.16. The summed E-state index contributed by atoms with van der Waals surface area (Å²) in [6.07, 6.45) is 1.66. The molecule has 132 valence electrons. The summed E-state index contributed by atoms with van der Waals surface area (Å²) in [5.74, 6) is 0.942. The molecule has 0 saturated heterocycles. The molecule has 0 amide bonds. The van der Waals surface area contributed by atoms with E-state index in [9.17, 15) is 4.39 Å². The van der Waals surface area contributed by atoms with Crippen molar-refractivity contribution in [1.82, 2.24) is 4.98 Å². The van der Waals surface area contributed by atoms with Crippen LogP contribution in [-0.4, -0.2) is 12.1 Å². The first-order valence-electron chi connectivity index (χ1n) is 8.40. The van der Waals surface area contributed by atoms with Crippen molar-refractivity contribution in [1.29, 1.82) is 0 Å². The monoisotopic (exact) mass is 369 g/mol. The molecule has 0 spiro atoms. The van der Waals surface area contributed by atoms with Gasteiger partial charge in [0.2, 0.25) is 5.88 Å². The number of hydrogen-bond acceptors (Lipinski definition) is 3. The molecule has 2 aromatic carbocycles. The quantitative estimate of drug-likeness (QED) is 0.562. The molecule has 0 fully saturated rings. The highest BCUT2D eigenvalue weighted by Gasteiger charge is 2.22. The number of halogens is 2. The summed E-state index contributed by atoms with van der Waals surface area (Å²) >= 11 is 5.96. The van der Waals surface area contributed by atoms with Gasteiger partial charge in [-0.1, -0.05) is 41.9 Å². The lowest BCUT2D eigenvalue weighted by Gasteiger charge is -2.25. The highest BCUT2D eigenvalue weighted by Crippen LogP contribution is 2.35. The van der Waals surface area contributed by atoms with Gasteiger partial charge >= 0.3 is 0 Å². The van der Waals surface area contributed by atoms with E-state index in [1.807, 2.05) is 30.3 Å². The zero-order chi connectivity index (χ0) is 18.1. The Morgan fingerprint density at radius 3 is 2.69 bits per heavy atom. The molecule has 0 aliphatic carbocycles. The summed E-state index contributed by atoms with van der Waals surface area (Å²) in [6, 6.07) is 16.2. The van der Waals surface area contributed by atoms with Gasteiger partial charge in [0.05, 0.1) is 7.11 Å². The standard InChI is InChI=1S/C21H17ClFNO2/c1-25-16-8-9-18(23)17(12-16)13-2-4-14(5-3-13)19-10-6-15-7-11-20(22)24-21(15)26-19/h2-5,7-9,11-12,19H,6,10H2,1H3. The number of fused-ring (bicyclic) bond motifs is 1. The lowest BCUT2D eigenvalue weighted by atomic mass is 9.96. The molecule has 4 rings (SSSR count). The van der Waals surface area contributed by atoms with Crippen LogP contribution in [0.2, 0.25) is 5.15 Å². The Morgan fingerprint density at radius 1 is 1.12 bits per heavy atom. The lowest BCUT2D eigenvalue weighted by molar-refractivity contribution is 0.168. The number of nitrogens with zero attached hydrogens (tertiary/aromatic N) is 1. The Bertz CT molecular complexity index is 943. The van der Waals surface area contributed by atoms with E-state index in [2.05, 4.69) is 4.98 Å². The smallest absolute Gasteiger partial charge is 0.218 e. The van der Waals surface area contributed by atoms with Gasteiger partial charge in [-0.05, 0) is 48.2 Å². The van der Waals surface area contributed by atoms with Gasteiger partial charge in [0, 0.05) is 11.1 Å². The van der Waals surface area contributed by atoms with E-state index in [0.717, 1.165) is 29.5 Å². The van der Waals surface area contributed by atoms with Gasteiger partial charge in [-0.3, -0.25) is 0 Å². The maximum Gasteiger partial charge on any atom is 0.218 e. The number of hydrogen-bond donors (Lipinski definition) is 0. The number of aryl methyl sites for hydroxylation is 1. The zero-order valence-corrected chi connectivity index (χ0v) is 15.0. The van der Waals surface area contributed by atoms with Gasteiger partial charge in [0.15, 0.2) is 0 Å². The minimum absolute atomic E-state index is 0.0855. The van der Waals surface area contributed by atoms with Crippen LogP contribution < -0.4 is 9.47 Å². The van der Waals surface area contributed by atoms with Gasteiger partial charge < -0.3 is 9.47 Å². The average Bonchev–Trinajstić information content (AvgIpc) is 2.68. The molecule has 0 bridgehead atoms. The first-order valence-corrected chi connectivity index (χ1v) is 8.78. The summed E-state index contributed by atoms with van der Waals surface area (Å²) in [5, 5.41) is 0.424. The third kappa shape index (κ3) is 3.25. The van der Waals surface area contributed by atoms with Crippen LogP contribution >= 0.6 is 11.6 Å². The molecular formula is C21H17ClFNO2. The van der Waals surface area contributed by atoms with Gasteiger partial charge in [0.1, 0.15) is 22.8 Å². The zero-order valence-electron chi connectivity index (χ0n) is 14.2. The van der Waals surface area contributed by atoms with E-state index in [-0.39, 0.29) is 11.9 Å². The van der Waals surface area contributed by atoms with Crippen LogP contribution in [0.5, 0.6) is 11.6 Å². The molecule has 2 heterocycles. The van der Waals surface area contributed by atoms with Crippen molar-refractivity contribution >= 4 is 11.6 Å². The van der Waals surface area contributed by atoms with Crippen LogP contribution in [0.15, 0.2) is 54.6 Å². The van der Waals surface area contributed by atoms with Crippen molar-refractivity contribution in [3.8, 4) is 22.8 Å². The van der Waals surface area contributed by atoms with Crippen LogP contribution in [0.3, 0.4) is 0 Å². The number of methoxy groups -OCH3 is 1. The molecule has 1 unspecified atom stereocenters. The topological polar surface area (TPSA) is 31.4 Å². The summed E-state index contributed by atoms with van der Waals surface area (Å²) in [6.45, 7) is 0. The summed E-state index contributed by atoms with van der Waals surface area (Å²) in [7, 11) is 1.57. The molecule has 1 aliphatic rings. The molecule has 3 aromatic rings. The Kier molecular flexibility index (Phi) is 4.51. The molecular weight excluding hydrogens is 353 g/mol. The predicted octanol–water partition coefficient (Wildman–Crippen LogP) is 5.62. The van der Waals surface area contributed by atoms with Gasteiger partial charge in [-0.25, -0.2) is 9.37 Å². The molecule has 1 atom stereocenters. The highest BCUT2D eigenvalue weighted by atomic mass is 35.5. The van der Waals surface area contributed by atoms with Crippen molar-refractivity contribution < 1.29 is 13.9 Å². The number of benzene rings is 2. The second-order valence-corrected chi connectivity index (χ2v) is 6.60. The van der Waals surface area contributed by atoms with Gasteiger partial charge in [0.25, 0.3) is 0 Å². The summed E-state index contributed by atoms with van der Waals surface area (Å²) in [4.78, 5) is 4.27. The third-order valence-electron chi connectivity index (χ3n) is 4.60. The molecule has 0 saturated carbocycles. The summed E-state index contributed by atoms with van der Waals surface area (Å²) < 4.78 is 25.4. The van der Waals surface area contributed by atoms with Crippen LogP contribution in [0.25, 0.3) is 11.1 Å². The van der Waals surface area contributed by atoms with Crippen LogP contribution in [-0.2, 0) is 6.42 Å². The van der Waals surface area contributed by atoms with Crippen molar-refractivity contribution in [2.75, 3.05) is 7.11 Å². The Labute approximate surface area is 156 Å². The minimum atomic E-state index is -0.278. The number of pyridine rings is 1. The number of ether oxygens (including phenoxy) is 2. The van der Waals surface area contributed by atoms with Crippen LogP contribution in [0.4, 0.5) is 4.39 Å². The second-order valence-electron chi connectivity index (χ2n) is 6.21. The molecule has 1 aliphatic heterocycles. The third-order valence-corrected chi connectivity index (χ3v) is 4.81. The van der Waals surface area contributed by atoms with E-state index < -0.39 is 0 Å². The Hall–Kier alpha value is -2.59. The Morgan fingerprint density at radius 2 is 1.92 bits per heavy atom. The van der Waals surface area contributed by atoms with E-state index in [1.165, 1.54) is 6.07 Å². The average molecular weight is 370 g/mol. The molecule has 0 N–H and O–H groups in total. The molecule has 26 heavy (non-hydrogen) atoms. The SMILES string of the molecule is COc1ccc(F)c(-c2ccc(C3CCc4ccc(Cl)nc4O3)cc2)c1. The second kappa shape index (κ2) is 6.96. The predicted molar refractivity (Wildman–Crippen MR) is 99.3 cm³/mol. The molecule has 0 radical (unpaired) electrons. The van der Waals surface area contributed by atoms with Gasteiger partial charge in [-0.15, -0.1) is 0 Å². The fourth-order valence-corrected chi connectivity index (χ4v) is 3.32. The fourth-order valence-electron chi connectivity index (χ4n) is 3.18. The maximum absolute atomic E-state index is 14.1. The van der Waals surface area contributed by atoms with E-state index >= 15 is 0 Å². The van der Waals surface area contributed by atoms with Crippen LogP contribution in [0.1, 0.15) is 23.7 Å².